The number of carbonyl (C=O) groups is 3. The fraction of sp³-hybridized carbons (Fsp3) is 0.500. The molecular formula is C38H44O8. The lowest BCUT2D eigenvalue weighted by Gasteiger charge is -2.56. The van der Waals surface area contributed by atoms with Crippen molar-refractivity contribution in [2.75, 3.05) is 0 Å². The van der Waals surface area contributed by atoms with E-state index >= 15 is 0 Å². The molecule has 0 unspecified atom stereocenters. The zero-order valence-electron chi connectivity index (χ0n) is 28.0. The lowest BCUT2D eigenvalue weighted by atomic mass is 9.51. The van der Waals surface area contributed by atoms with Crippen LogP contribution in [0.1, 0.15) is 103 Å². The van der Waals surface area contributed by atoms with Gasteiger partial charge in [0.2, 0.25) is 0 Å². The van der Waals surface area contributed by atoms with Crippen LogP contribution in [0.4, 0.5) is 0 Å². The molecule has 244 valence electrons. The van der Waals surface area contributed by atoms with Crippen LogP contribution in [0.5, 0.6) is 17.2 Å². The molecule has 8 nitrogen and oxygen atoms in total. The molecule has 3 aliphatic carbocycles. The number of phenolic OH excluding ortho intramolecular Hbond substituents is 1. The molecule has 3 aliphatic heterocycles. The highest BCUT2D eigenvalue weighted by molar-refractivity contribution is 6.19. The van der Waals surface area contributed by atoms with Crippen LogP contribution < -0.4 is 9.47 Å². The Morgan fingerprint density at radius 2 is 1.70 bits per heavy atom. The summed E-state index contributed by atoms with van der Waals surface area (Å²) >= 11 is 0. The van der Waals surface area contributed by atoms with Crippen molar-refractivity contribution in [2.24, 2.45) is 11.8 Å². The van der Waals surface area contributed by atoms with Gasteiger partial charge in [-0.3, -0.25) is 9.59 Å². The lowest BCUT2D eigenvalue weighted by Crippen LogP contribution is -2.72. The normalized spacial score (nSPS) is 31.2. The zero-order chi connectivity index (χ0) is 33.6. The number of carboxylic acids is 1. The molecule has 0 amide bonds. The van der Waals surface area contributed by atoms with Gasteiger partial charge in [0.25, 0.3) is 0 Å². The van der Waals surface area contributed by atoms with Gasteiger partial charge in [-0.2, -0.15) is 0 Å². The quantitative estimate of drug-likeness (QED) is 0.228. The molecule has 1 saturated heterocycles. The third-order valence-corrected chi connectivity index (χ3v) is 10.5. The summed E-state index contributed by atoms with van der Waals surface area (Å²) in [5.74, 6) is -2.28. The summed E-state index contributed by atoms with van der Waals surface area (Å²) in [6.07, 6.45) is 13.4. The highest BCUT2D eigenvalue weighted by Gasteiger charge is 2.81. The van der Waals surface area contributed by atoms with E-state index in [9.17, 15) is 24.6 Å². The molecule has 7 rings (SSSR count). The van der Waals surface area contributed by atoms with E-state index in [-0.39, 0.29) is 40.8 Å². The molecule has 0 radical (unpaired) electrons. The Kier molecular flexibility index (Phi) is 7.36. The number of ketones is 2. The minimum atomic E-state index is -1.63. The molecule has 2 N–H and O–H groups in total. The maximum Gasteiger partial charge on any atom is 0.330 e. The van der Waals surface area contributed by atoms with Crippen LogP contribution in [-0.2, 0) is 20.7 Å². The van der Waals surface area contributed by atoms with Crippen molar-refractivity contribution in [3.05, 3.63) is 69.4 Å². The van der Waals surface area contributed by atoms with Crippen LogP contribution in [-0.4, -0.2) is 50.2 Å². The number of rotatable bonds is 8. The minimum Gasteiger partial charge on any atom is -0.506 e. The van der Waals surface area contributed by atoms with Gasteiger partial charge in [0, 0.05) is 35.0 Å². The SMILES string of the molecule is CC(C)=CCC[C@@]1(C)C=Cc2c(O)c3c(c(CC=C(C)C)c2O1)O[C@]12C(=C[C@@H]4C[C@H]1C(C)(C)O[C@@]2(C/C=C(/C)C(=O)O)C4=O)C3=O. The Hall–Kier alpha value is -3.91. The van der Waals surface area contributed by atoms with Crippen LogP contribution in [0.25, 0.3) is 6.08 Å². The van der Waals surface area contributed by atoms with Gasteiger partial charge in [-0.05, 0) is 93.2 Å². The number of allylic oxidation sites excluding steroid dienone is 5. The van der Waals surface area contributed by atoms with E-state index in [1.54, 1.807) is 6.08 Å². The summed E-state index contributed by atoms with van der Waals surface area (Å²) in [5.41, 5.74) is -0.952. The van der Waals surface area contributed by atoms with Crippen molar-refractivity contribution in [2.45, 2.75) is 110 Å². The molecule has 46 heavy (non-hydrogen) atoms. The van der Waals surface area contributed by atoms with Crippen molar-refractivity contribution < 1.29 is 38.8 Å². The van der Waals surface area contributed by atoms with E-state index in [0.29, 0.717) is 41.7 Å². The number of carbonyl (C=O) groups excluding carboxylic acids is 2. The van der Waals surface area contributed by atoms with E-state index in [1.165, 1.54) is 18.6 Å². The van der Waals surface area contributed by atoms with Crippen molar-refractivity contribution in [3.8, 4) is 17.2 Å². The van der Waals surface area contributed by atoms with Crippen molar-refractivity contribution in [1.29, 1.82) is 0 Å². The summed E-state index contributed by atoms with van der Waals surface area (Å²) in [5, 5.41) is 21.4. The van der Waals surface area contributed by atoms with Crippen LogP contribution >= 0.6 is 0 Å². The van der Waals surface area contributed by atoms with Crippen LogP contribution in [0.15, 0.2) is 52.7 Å². The number of benzene rings is 1. The smallest absolute Gasteiger partial charge is 0.330 e. The highest BCUT2D eigenvalue weighted by Crippen LogP contribution is 2.68. The summed E-state index contributed by atoms with van der Waals surface area (Å²) in [4.78, 5) is 40.8. The second-order valence-electron chi connectivity index (χ2n) is 14.8. The number of hydrogen-bond acceptors (Lipinski definition) is 7. The number of ether oxygens (including phenoxy) is 3. The molecule has 0 aromatic heterocycles. The van der Waals surface area contributed by atoms with E-state index in [2.05, 4.69) is 19.9 Å². The molecule has 1 aromatic rings. The number of hydrogen-bond donors (Lipinski definition) is 2. The van der Waals surface area contributed by atoms with Crippen molar-refractivity contribution in [1.82, 2.24) is 0 Å². The molecular weight excluding hydrogens is 584 g/mol. The van der Waals surface area contributed by atoms with Crippen LogP contribution in [0, 0.1) is 11.8 Å². The number of phenols is 1. The highest BCUT2D eigenvalue weighted by atomic mass is 16.6. The Balaban J connectivity index is 1.59. The second kappa shape index (κ2) is 10.6. The van der Waals surface area contributed by atoms with Gasteiger partial charge in [-0.25, -0.2) is 4.79 Å². The molecule has 8 heteroatoms. The third-order valence-electron chi connectivity index (χ3n) is 10.5. The molecule has 5 atom stereocenters. The van der Waals surface area contributed by atoms with E-state index in [4.69, 9.17) is 14.2 Å². The maximum absolute atomic E-state index is 14.7. The minimum absolute atomic E-state index is 0.0544. The predicted octanol–water partition coefficient (Wildman–Crippen LogP) is 7.24. The summed E-state index contributed by atoms with van der Waals surface area (Å²) in [6.45, 7) is 15.4. The van der Waals surface area contributed by atoms with Gasteiger partial charge in [0.1, 0.15) is 28.4 Å². The first-order chi connectivity index (χ1) is 21.5. The van der Waals surface area contributed by atoms with Crippen LogP contribution in [0.3, 0.4) is 0 Å². The van der Waals surface area contributed by atoms with Gasteiger partial charge in [0.15, 0.2) is 22.8 Å². The zero-order valence-corrected chi connectivity index (χ0v) is 28.0. The van der Waals surface area contributed by atoms with Gasteiger partial charge >= 0.3 is 5.97 Å². The Labute approximate surface area is 270 Å². The van der Waals surface area contributed by atoms with Gasteiger partial charge < -0.3 is 24.4 Å². The monoisotopic (exact) mass is 628 g/mol. The van der Waals surface area contributed by atoms with Crippen molar-refractivity contribution in [3.63, 3.8) is 0 Å². The molecule has 6 aliphatic rings. The third kappa shape index (κ3) is 4.47. The first-order valence-electron chi connectivity index (χ1n) is 16.2. The first kappa shape index (κ1) is 32.0. The molecule has 1 saturated carbocycles. The molecule has 3 heterocycles. The van der Waals surface area contributed by atoms with Crippen molar-refractivity contribution >= 4 is 23.6 Å². The number of carboxylic acid groups (broad SMARTS) is 1. The van der Waals surface area contributed by atoms with E-state index in [1.807, 2.05) is 52.8 Å². The Morgan fingerprint density at radius 3 is 2.35 bits per heavy atom. The number of aromatic hydroxyl groups is 1. The predicted molar refractivity (Wildman–Crippen MR) is 174 cm³/mol. The number of aliphatic carboxylic acids is 1. The lowest BCUT2D eigenvalue weighted by molar-refractivity contribution is -0.171. The summed E-state index contributed by atoms with van der Waals surface area (Å²) in [6, 6.07) is 0. The number of fused-ring (bicyclic) bond motifs is 2. The van der Waals surface area contributed by atoms with Gasteiger partial charge in [-0.1, -0.05) is 35.5 Å². The van der Waals surface area contributed by atoms with Crippen LogP contribution in [0.2, 0.25) is 0 Å². The van der Waals surface area contributed by atoms with Gasteiger partial charge in [-0.15, -0.1) is 0 Å². The second-order valence-corrected chi connectivity index (χ2v) is 14.8. The average Bonchev–Trinajstić information content (AvgIpc) is 3.12. The maximum atomic E-state index is 14.7. The molecule has 2 fully saturated rings. The van der Waals surface area contributed by atoms with E-state index < -0.39 is 40.1 Å². The van der Waals surface area contributed by atoms with Gasteiger partial charge in [0.05, 0.1) is 11.2 Å². The summed E-state index contributed by atoms with van der Waals surface area (Å²) in [7, 11) is 0. The topological polar surface area (TPSA) is 119 Å². The standard InChI is InChI=1S/C38H44O8/c1-20(2)10-9-15-36(8)16-14-24-29(39)28-30(40)26-18-23-19-27-35(6,7)46-37(33(23)41,17-13-22(5)34(42)43)38(26,27)45-32(28)25(31(24)44-36)12-11-21(3)4/h10-11,13-14,16,18,23,27,39H,9,12,15,17,19H2,1-8H3,(H,42,43)/b22-13-/t23-,27+,36+,37+,38-/m1/s1. The largest absolute Gasteiger partial charge is 0.506 e. The van der Waals surface area contributed by atoms with E-state index in [0.717, 1.165) is 12.0 Å². The first-order valence-corrected chi connectivity index (χ1v) is 16.2. The molecule has 4 bridgehead atoms. The fourth-order valence-electron chi connectivity index (χ4n) is 8.17. The number of Topliss-reactive ketones (excluding diaryl/α,β-unsaturated/α-hetero) is 2. The Morgan fingerprint density at radius 1 is 1.00 bits per heavy atom. The molecule has 1 spiro atoms. The summed E-state index contributed by atoms with van der Waals surface area (Å²) < 4.78 is 20.6. The molecule has 1 aromatic carbocycles. The fourth-order valence-corrected chi connectivity index (χ4v) is 8.17. The average molecular weight is 629 g/mol. The Bertz CT molecular complexity index is 1730.